The number of hydrogen-bond donors (Lipinski definition) is 1. The van der Waals surface area contributed by atoms with Crippen LogP contribution in [0.1, 0.15) is 29.2 Å². The number of hydrogen-bond acceptors (Lipinski definition) is 2. The fourth-order valence-electron chi connectivity index (χ4n) is 2.40. The highest BCUT2D eigenvalue weighted by atomic mass is 16.5. The molecule has 0 saturated carbocycles. The third kappa shape index (κ3) is 3.67. The van der Waals surface area contributed by atoms with E-state index in [9.17, 15) is 4.79 Å². The minimum atomic E-state index is -0.555. The van der Waals surface area contributed by atoms with E-state index in [1.165, 1.54) is 5.56 Å². The number of aryl methyl sites for hydroxylation is 4. The van der Waals surface area contributed by atoms with Gasteiger partial charge < -0.3 is 10.1 Å². The molecular weight excluding hydrogens is 274 g/mol. The molecule has 1 N–H and O–H groups in total. The summed E-state index contributed by atoms with van der Waals surface area (Å²) in [7, 11) is 0. The first-order chi connectivity index (χ1) is 10.4. The van der Waals surface area contributed by atoms with Crippen LogP contribution in [0.3, 0.4) is 0 Å². The Hall–Kier alpha value is -2.29. The number of ether oxygens (including phenoxy) is 1. The van der Waals surface area contributed by atoms with E-state index in [0.717, 1.165) is 28.1 Å². The first-order valence-corrected chi connectivity index (χ1v) is 7.49. The van der Waals surface area contributed by atoms with Crippen molar-refractivity contribution in [2.24, 2.45) is 0 Å². The molecule has 0 aliphatic heterocycles. The normalized spacial score (nSPS) is 11.9. The molecule has 3 nitrogen and oxygen atoms in total. The maximum absolute atomic E-state index is 12.3. The number of rotatable bonds is 4. The van der Waals surface area contributed by atoms with E-state index < -0.39 is 6.10 Å². The molecule has 0 radical (unpaired) electrons. The number of para-hydroxylation sites is 1. The van der Waals surface area contributed by atoms with Crippen LogP contribution in [0, 0.1) is 27.7 Å². The van der Waals surface area contributed by atoms with Gasteiger partial charge in [0.1, 0.15) is 5.75 Å². The molecule has 0 spiro atoms. The van der Waals surface area contributed by atoms with Gasteiger partial charge in [0.05, 0.1) is 0 Å². The van der Waals surface area contributed by atoms with Crippen LogP contribution in [0.5, 0.6) is 5.75 Å². The summed E-state index contributed by atoms with van der Waals surface area (Å²) in [4.78, 5) is 12.3. The lowest BCUT2D eigenvalue weighted by atomic mass is 10.1. The number of nitrogens with one attached hydrogen (secondary N) is 1. The van der Waals surface area contributed by atoms with E-state index in [1.807, 2.05) is 64.1 Å². The van der Waals surface area contributed by atoms with Gasteiger partial charge in [0.15, 0.2) is 6.10 Å². The van der Waals surface area contributed by atoms with E-state index in [0.29, 0.717) is 0 Å². The van der Waals surface area contributed by atoms with Crippen molar-refractivity contribution in [3.05, 3.63) is 58.7 Å². The van der Waals surface area contributed by atoms with Crippen LogP contribution in [-0.4, -0.2) is 12.0 Å². The van der Waals surface area contributed by atoms with Gasteiger partial charge in [-0.3, -0.25) is 4.79 Å². The highest BCUT2D eigenvalue weighted by Gasteiger charge is 2.17. The molecule has 3 heteroatoms. The lowest BCUT2D eigenvalue weighted by Crippen LogP contribution is -2.30. The Kier molecular flexibility index (Phi) is 4.86. The maximum Gasteiger partial charge on any atom is 0.265 e. The first-order valence-electron chi connectivity index (χ1n) is 7.49. The summed E-state index contributed by atoms with van der Waals surface area (Å²) in [6, 6.07) is 11.9. The molecule has 0 aromatic heterocycles. The zero-order valence-electron chi connectivity index (χ0n) is 13.9. The molecule has 0 fully saturated rings. The predicted octanol–water partition coefficient (Wildman–Crippen LogP) is 4.33. The molecule has 2 rings (SSSR count). The molecule has 1 amide bonds. The summed E-state index contributed by atoms with van der Waals surface area (Å²) in [5.41, 5.74) is 5.12. The van der Waals surface area contributed by atoms with Gasteiger partial charge in [0.25, 0.3) is 5.91 Å². The van der Waals surface area contributed by atoms with Crippen LogP contribution in [0.15, 0.2) is 36.4 Å². The van der Waals surface area contributed by atoms with Gasteiger partial charge in [-0.15, -0.1) is 0 Å². The second kappa shape index (κ2) is 6.65. The Balaban J connectivity index is 2.09. The second-order valence-corrected chi connectivity index (χ2v) is 5.79. The van der Waals surface area contributed by atoms with E-state index >= 15 is 0 Å². The van der Waals surface area contributed by atoms with Gasteiger partial charge in [-0.05, 0) is 57.4 Å². The molecule has 0 saturated heterocycles. The topological polar surface area (TPSA) is 38.3 Å². The van der Waals surface area contributed by atoms with Gasteiger partial charge in [-0.25, -0.2) is 0 Å². The van der Waals surface area contributed by atoms with Crippen molar-refractivity contribution in [2.75, 3.05) is 5.32 Å². The molecule has 2 aromatic rings. The van der Waals surface area contributed by atoms with Crippen LogP contribution in [0.4, 0.5) is 5.69 Å². The van der Waals surface area contributed by atoms with Crippen LogP contribution >= 0.6 is 0 Å². The van der Waals surface area contributed by atoms with Gasteiger partial charge in [0, 0.05) is 5.69 Å². The SMILES string of the molecule is Cc1ccc(NC(=O)C(C)Oc2c(C)cccc2C)c(C)c1. The Morgan fingerprint density at radius 3 is 2.23 bits per heavy atom. The highest BCUT2D eigenvalue weighted by molar-refractivity contribution is 5.94. The predicted molar refractivity (Wildman–Crippen MR) is 90.6 cm³/mol. The molecule has 22 heavy (non-hydrogen) atoms. The number of carbonyl (C=O) groups excluding carboxylic acids is 1. The Bertz CT molecular complexity index is 672. The van der Waals surface area contributed by atoms with Crippen molar-refractivity contribution in [1.29, 1.82) is 0 Å². The summed E-state index contributed by atoms with van der Waals surface area (Å²) >= 11 is 0. The number of carbonyl (C=O) groups is 1. The second-order valence-electron chi connectivity index (χ2n) is 5.79. The largest absolute Gasteiger partial charge is 0.480 e. The van der Waals surface area contributed by atoms with Gasteiger partial charge >= 0.3 is 0 Å². The van der Waals surface area contributed by atoms with E-state index in [-0.39, 0.29) is 5.91 Å². The van der Waals surface area contributed by atoms with Crippen molar-refractivity contribution < 1.29 is 9.53 Å². The molecule has 0 aliphatic carbocycles. The van der Waals surface area contributed by atoms with Crippen LogP contribution in [0.2, 0.25) is 0 Å². The lowest BCUT2D eigenvalue weighted by Gasteiger charge is -2.18. The summed E-state index contributed by atoms with van der Waals surface area (Å²) < 4.78 is 5.86. The minimum absolute atomic E-state index is 0.144. The maximum atomic E-state index is 12.3. The standard InChI is InChI=1S/C19H23NO2/c1-12-9-10-17(15(4)11-12)20-19(21)16(5)22-18-13(2)7-6-8-14(18)3/h6-11,16H,1-5H3,(H,20,21). The summed E-state index contributed by atoms with van der Waals surface area (Å²) in [5.74, 6) is 0.639. The summed E-state index contributed by atoms with van der Waals surface area (Å²) in [5, 5.41) is 2.93. The minimum Gasteiger partial charge on any atom is -0.480 e. The monoisotopic (exact) mass is 297 g/mol. The van der Waals surface area contributed by atoms with Crippen LogP contribution < -0.4 is 10.1 Å². The van der Waals surface area contributed by atoms with E-state index in [4.69, 9.17) is 4.74 Å². The average molecular weight is 297 g/mol. The Labute approximate surface area is 132 Å². The number of anilines is 1. The molecule has 116 valence electrons. The molecule has 2 aromatic carbocycles. The average Bonchev–Trinajstić information content (AvgIpc) is 2.45. The number of benzene rings is 2. The van der Waals surface area contributed by atoms with Gasteiger partial charge in [0.2, 0.25) is 0 Å². The zero-order chi connectivity index (χ0) is 16.3. The van der Waals surface area contributed by atoms with Crippen molar-refractivity contribution in [3.63, 3.8) is 0 Å². The molecule has 1 unspecified atom stereocenters. The van der Waals surface area contributed by atoms with Gasteiger partial charge in [-0.2, -0.15) is 0 Å². The molecule has 0 heterocycles. The van der Waals surface area contributed by atoms with Gasteiger partial charge in [-0.1, -0.05) is 35.9 Å². The van der Waals surface area contributed by atoms with E-state index in [2.05, 4.69) is 5.32 Å². The Morgan fingerprint density at radius 2 is 1.64 bits per heavy atom. The van der Waals surface area contributed by atoms with Crippen molar-refractivity contribution in [1.82, 2.24) is 0 Å². The van der Waals surface area contributed by atoms with Crippen molar-refractivity contribution >= 4 is 11.6 Å². The highest BCUT2D eigenvalue weighted by Crippen LogP contribution is 2.24. The lowest BCUT2D eigenvalue weighted by molar-refractivity contribution is -0.122. The molecule has 1 atom stereocenters. The smallest absolute Gasteiger partial charge is 0.265 e. The Morgan fingerprint density at radius 1 is 1.00 bits per heavy atom. The van der Waals surface area contributed by atoms with Crippen molar-refractivity contribution in [3.8, 4) is 5.75 Å². The third-order valence-corrected chi connectivity index (χ3v) is 3.71. The first kappa shape index (κ1) is 16.1. The molecular formula is C19H23NO2. The summed E-state index contributed by atoms with van der Waals surface area (Å²) in [6.45, 7) is 9.75. The van der Waals surface area contributed by atoms with Crippen LogP contribution in [0.25, 0.3) is 0 Å². The fraction of sp³-hybridized carbons (Fsp3) is 0.316. The molecule has 0 aliphatic rings. The zero-order valence-corrected chi connectivity index (χ0v) is 13.9. The van der Waals surface area contributed by atoms with E-state index in [1.54, 1.807) is 6.92 Å². The van der Waals surface area contributed by atoms with Crippen molar-refractivity contribution in [2.45, 2.75) is 40.7 Å². The quantitative estimate of drug-likeness (QED) is 0.912. The number of amides is 1. The van der Waals surface area contributed by atoms with Crippen LogP contribution in [-0.2, 0) is 4.79 Å². The third-order valence-electron chi connectivity index (χ3n) is 3.71. The summed E-state index contributed by atoms with van der Waals surface area (Å²) in [6.07, 6.45) is -0.555. The fourth-order valence-corrected chi connectivity index (χ4v) is 2.40. The molecule has 0 bridgehead atoms.